The molecule has 12 heteroatoms. The summed E-state index contributed by atoms with van der Waals surface area (Å²) in [5.74, 6) is 13.2. The Morgan fingerprint density at radius 1 is 0.197 bits per heavy atom. The predicted octanol–water partition coefficient (Wildman–Crippen LogP) is 34.1. The first-order chi connectivity index (χ1) is 68.8. The van der Waals surface area contributed by atoms with Crippen molar-refractivity contribution < 1.29 is 38.4 Å². The zero-order valence-electron chi connectivity index (χ0n) is 87.5. The molecule has 13 aromatic rings. The van der Waals surface area contributed by atoms with Crippen LogP contribution >= 0.6 is 0 Å². The second kappa shape index (κ2) is 44.6. The van der Waals surface area contributed by atoms with Crippen LogP contribution in [0.15, 0.2) is 146 Å². The number of benzene rings is 13. The van der Waals surface area contributed by atoms with Gasteiger partial charge in [-0.2, -0.15) is 0 Å². The van der Waals surface area contributed by atoms with Gasteiger partial charge in [-0.25, -0.2) is 0 Å². The van der Waals surface area contributed by atoms with E-state index in [1.165, 1.54) is 0 Å². The summed E-state index contributed by atoms with van der Waals surface area (Å²) >= 11 is 0. The number of hydrogen-bond acceptors (Lipinski definition) is 8. The molecule has 142 heavy (non-hydrogen) atoms. The summed E-state index contributed by atoms with van der Waals surface area (Å²) in [7, 11) is 0. The van der Waals surface area contributed by atoms with E-state index in [2.05, 4.69) is 181 Å². The Labute approximate surface area is 844 Å². The lowest BCUT2D eigenvalue weighted by Crippen LogP contribution is -2.47. The molecule has 4 aliphatic rings. The average molecular weight is 1900 g/mol. The highest BCUT2D eigenvalue weighted by Gasteiger charge is 2.45. The summed E-state index contributed by atoms with van der Waals surface area (Å²) in [6.07, 6.45) is 38.2. The average Bonchev–Trinajstić information content (AvgIpc) is 0.685. The third kappa shape index (κ3) is 19.7. The van der Waals surface area contributed by atoms with Crippen LogP contribution < -0.4 is 0 Å². The van der Waals surface area contributed by atoms with Gasteiger partial charge in [-0.1, -0.05) is 411 Å². The molecule has 4 aliphatic heterocycles. The lowest BCUT2D eigenvalue weighted by molar-refractivity contribution is 0.0501. The fourth-order valence-corrected chi connectivity index (χ4v) is 24.3. The number of carbonyl (C=O) groups excluding carboxylic acids is 8. The van der Waals surface area contributed by atoms with Gasteiger partial charge in [0.1, 0.15) is 0 Å². The van der Waals surface area contributed by atoms with E-state index < -0.39 is 0 Å². The summed E-state index contributed by atoms with van der Waals surface area (Å²) in [5, 5.41) is 11.5. The lowest BCUT2D eigenvalue weighted by Gasteiger charge is -2.36. The SMILES string of the molecule is CCCCCCC(CCCCCC)N1C(=O)c2ccc3c4ccc5c6c(cc(C#Cc7cc(-c8ccc(C(C)(C)C)cc8)c(C#Cc8cc9c%10c(ccc%11c%12ccc%13c%14c(ccc(c8c%10%11)c%14%12)C(=O)N(C(CCCCCC)CCCCCC)C%13=O)C(=O)N(C(CCCCCC)CCCCCC)C9=O)cc7-c7ccc(C(C)(C)C)cc7)c(c7ccc(c2c37)C1=O)c64)C(=O)N(C(CCCCCC)CCCCCC)C5=O. The van der Waals surface area contributed by atoms with Crippen molar-refractivity contribution in [2.24, 2.45) is 0 Å². The van der Waals surface area contributed by atoms with Crippen molar-refractivity contribution in [2.45, 2.75) is 389 Å². The van der Waals surface area contributed by atoms with Crippen molar-refractivity contribution >= 4 is 133 Å². The molecule has 0 unspecified atom stereocenters. The fraction of sp³-hybridized carbons (Fsp3) is 0.462. The van der Waals surface area contributed by atoms with Crippen molar-refractivity contribution in [1.82, 2.24) is 19.6 Å². The van der Waals surface area contributed by atoms with E-state index in [9.17, 15) is 0 Å². The number of fused-ring (bicyclic) bond motifs is 4. The number of nitrogens with zero attached hydrogens (tertiary/aromatic N) is 4. The summed E-state index contributed by atoms with van der Waals surface area (Å²) in [6, 6.07) is 48.2. The second-order valence-corrected chi connectivity index (χ2v) is 44.1. The van der Waals surface area contributed by atoms with Crippen molar-refractivity contribution in [1.29, 1.82) is 0 Å². The molecule has 13 aromatic carbocycles. The minimum atomic E-state index is -0.335. The summed E-state index contributed by atoms with van der Waals surface area (Å²) in [6.45, 7) is 30.9. The van der Waals surface area contributed by atoms with Gasteiger partial charge >= 0.3 is 0 Å². The molecule has 738 valence electrons. The van der Waals surface area contributed by atoms with Crippen LogP contribution in [-0.4, -0.2) is 91.0 Å². The molecule has 0 aliphatic carbocycles. The van der Waals surface area contributed by atoms with Crippen LogP contribution in [0.4, 0.5) is 0 Å². The van der Waals surface area contributed by atoms with Gasteiger partial charge in [0, 0.05) is 134 Å². The second-order valence-electron chi connectivity index (χ2n) is 44.1. The molecule has 0 atom stereocenters. The molecule has 8 amide bonds. The van der Waals surface area contributed by atoms with Gasteiger partial charge in [-0.15, -0.1) is 0 Å². The lowest BCUT2D eigenvalue weighted by atomic mass is 9.80. The smallest absolute Gasteiger partial charge is 0.261 e. The van der Waals surface area contributed by atoms with Gasteiger partial charge in [0.05, 0.1) is 0 Å². The maximum Gasteiger partial charge on any atom is 0.261 e. The molecule has 0 bridgehead atoms. The summed E-state index contributed by atoms with van der Waals surface area (Å²) < 4.78 is 0. The normalized spacial score (nSPS) is 14.0. The van der Waals surface area contributed by atoms with E-state index in [4.69, 9.17) is 0 Å². The number of hydrogen-bond donors (Lipinski definition) is 0. The molecular formula is C130H150N4O8. The largest absolute Gasteiger partial charge is 0.271 e. The Morgan fingerprint density at radius 2 is 0.394 bits per heavy atom. The van der Waals surface area contributed by atoms with E-state index in [1.807, 2.05) is 84.9 Å². The molecule has 0 saturated carbocycles. The molecular weight excluding hydrogens is 1750 g/mol. The van der Waals surface area contributed by atoms with Crippen molar-refractivity contribution in [3.05, 3.63) is 223 Å². The molecule has 17 rings (SSSR count). The highest BCUT2D eigenvalue weighted by atomic mass is 16.2. The zero-order chi connectivity index (χ0) is 100.0. The highest BCUT2D eigenvalue weighted by Crippen LogP contribution is 2.53. The number of imide groups is 4. The van der Waals surface area contributed by atoms with E-state index in [1.54, 1.807) is 19.6 Å². The van der Waals surface area contributed by atoms with Crippen molar-refractivity contribution in [3.8, 4) is 45.9 Å². The zero-order valence-corrected chi connectivity index (χ0v) is 87.5. The van der Waals surface area contributed by atoms with Crippen molar-refractivity contribution in [2.75, 3.05) is 0 Å². The molecule has 0 fully saturated rings. The minimum absolute atomic E-state index is 0.207. The fourth-order valence-electron chi connectivity index (χ4n) is 24.3. The molecule has 0 aromatic heterocycles. The number of amides is 8. The van der Waals surface area contributed by atoms with Crippen LogP contribution in [0.3, 0.4) is 0 Å². The number of unbranched alkanes of at least 4 members (excludes halogenated alkanes) is 24. The Bertz CT molecular complexity index is 6590. The third-order valence-corrected chi connectivity index (χ3v) is 32.1. The van der Waals surface area contributed by atoms with Gasteiger partial charge in [-0.05, 0) is 199 Å². The van der Waals surface area contributed by atoms with Crippen LogP contribution in [0.2, 0.25) is 0 Å². The van der Waals surface area contributed by atoms with Gasteiger partial charge in [-0.3, -0.25) is 58.0 Å². The van der Waals surface area contributed by atoms with Crippen LogP contribution in [0.1, 0.15) is 470 Å². The first-order valence-corrected chi connectivity index (χ1v) is 55.3. The van der Waals surface area contributed by atoms with Crippen LogP contribution in [-0.2, 0) is 10.8 Å². The van der Waals surface area contributed by atoms with E-state index >= 15 is 38.4 Å². The third-order valence-electron chi connectivity index (χ3n) is 32.1. The van der Waals surface area contributed by atoms with Gasteiger partial charge in [0.15, 0.2) is 0 Å². The van der Waals surface area contributed by atoms with Crippen molar-refractivity contribution in [3.63, 3.8) is 0 Å². The Kier molecular flexibility index (Phi) is 31.9. The maximum absolute atomic E-state index is 16.5. The van der Waals surface area contributed by atoms with Crippen LogP contribution in [0.5, 0.6) is 0 Å². The molecule has 0 radical (unpaired) electrons. The van der Waals surface area contributed by atoms with Gasteiger partial charge in [0.2, 0.25) is 0 Å². The Balaban J connectivity index is 0.920. The Hall–Kier alpha value is -11.9. The monoisotopic (exact) mass is 1900 g/mol. The van der Waals surface area contributed by atoms with E-state index in [-0.39, 0.29) is 82.3 Å². The van der Waals surface area contributed by atoms with Crippen LogP contribution in [0.25, 0.3) is 108 Å². The maximum atomic E-state index is 16.5. The minimum Gasteiger partial charge on any atom is -0.271 e. The van der Waals surface area contributed by atoms with E-state index in [0.717, 1.165) is 329 Å². The van der Waals surface area contributed by atoms with Gasteiger partial charge < -0.3 is 0 Å². The Morgan fingerprint density at radius 3 is 0.620 bits per heavy atom. The highest BCUT2D eigenvalue weighted by molar-refractivity contribution is 6.44. The topological polar surface area (TPSA) is 150 Å². The molecule has 0 N–H and O–H groups in total. The summed E-state index contributed by atoms with van der Waals surface area (Å²) in [5.41, 5.74) is 11.3. The number of rotatable bonds is 46. The van der Waals surface area contributed by atoms with Crippen LogP contribution in [0, 0.1) is 23.7 Å². The number of carbonyl (C=O) groups is 8. The first kappa shape index (κ1) is 102. The molecule has 0 saturated heterocycles. The van der Waals surface area contributed by atoms with E-state index in [0.29, 0.717) is 114 Å². The molecule has 12 nitrogen and oxygen atoms in total. The van der Waals surface area contributed by atoms with Gasteiger partial charge in [0.25, 0.3) is 47.3 Å². The standard InChI is InChI=1S/C130H150N4O8/c1-15-23-31-39-47-91(48-40-32-24-16-2)131-121(135)101-73-67-95-97-69-75-105-117-109(127(141)133(125(105)139)93(51-43-35-27-19-5)52-44-36-28-20-6)81-87(111(119(97)117)99-71-77-103(123(131)137)115(101)113(95)99)57-55-85-79-108(84-61-65-90(66-62-84)130(12,13)14)86(80-107(85)83-59-63-89(64-60-83)129(9,10)11)56-58-88-82-110-118-106(126(140)134(128(110)142)94(53-45-37-29-21-7)54-46-38-30-22-8)76-70-98-96-68-74-102-116-104(78-72-100(114(96)116)112(88)120(98)118)124(138)132(122(102)136)92(49-41-33-25-17-3)50-42-34-26-18-4/h59-82,91-94H,15-54H2,1-14H3. The molecule has 0 spiro atoms. The molecule has 4 heterocycles. The predicted molar refractivity (Wildman–Crippen MR) is 589 cm³/mol. The quantitative estimate of drug-likeness (QED) is 0.0120. The first-order valence-electron chi connectivity index (χ1n) is 55.3. The summed E-state index contributed by atoms with van der Waals surface area (Å²) in [4.78, 5) is 134.